The van der Waals surface area contributed by atoms with E-state index in [0.29, 0.717) is 32.3 Å². The minimum Gasteiger partial charge on any atom is -0.378 e. The summed E-state index contributed by atoms with van der Waals surface area (Å²) in [4.78, 5) is 7.79. The number of ether oxygens (including phenoxy) is 1. The van der Waals surface area contributed by atoms with Gasteiger partial charge in [0.1, 0.15) is 6.04 Å². The Hall–Kier alpha value is -0.290. The Bertz CT molecular complexity index is 437. The molecule has 2 fully saturated rings. The summed E-state index contributed by atoms with van der Waals surface area (Å²) in [7, 11) is 1.71. The summed E-state index contributed by atoms with van der Waals surface area (Å²) in [6.07, 6.45) is 3.38. The van der Waals surface area contributed by atoms with Crippen LogP contribution in [0.1, 0.15) is 45.4 Å². The third kappa shape index (κ3) is 8.31. The summed E-state index contributed by atoms with van der Waals surface area (Å²) in [6, 6.07) is -1.39. The van der Waals surface area contributed by atoms with Gasteiger partial charge in [-0.05, 0) is 26.2 Å². The van der Waals surface area contributed by atoms with Gasteiger partial charge in [-0.1, -0.05) is 19.3 Å². The number of guanidine groups is 1. The molecule has 2 rings (SSSR count). The van der Waals surface area contributed by atoms with Crippen LogP contribution in [0.2, 0.25) is 0 Å². The summed E-state index contributed by atoms with van der Waals surface area (Å²) in [5.74, 6) is 0.766. The summed E-state index contributed by atoms with van der Waals surface area (Å²) in [5.41, 5.74) is 0. The molecule has 1 aliphatic heterocycles. The molecule has 1 aliphatic carbocycles. The monoisotopic (exact) mass is 506 g/mol. The maximum Gasteiger partial charge on any atom is 0.403 e. The zero-order valence-corrected chi connectivity index (χ0v) is 18.8. The van der Waals surface area contributed by atoms with E-state index in [0.717, 1.165) is 25.5 Å². The van der Waals surface area contributed by atoms with Crippen LogP contribution in [-0.4, -0.2) is 80.5 Å². The molecule has 0 bridgehead atoms. The van der Waals surface area contributed by atoms with Crippen molar-refractivity contribution in [2.45, 2.75) is 63.8 Å². The molecule has 27 heavy (non-hydrogen) atoms. The zero-order chi connectivity index (χ0) is 19.0. The average molecular weight is 506 g/mol. The molecule has 1 N–H and O–H groups in total. The molecule has 1 saturated heterocycles. The van der Waals surface area contributed by atoms with Crippen molar-refractivity contribution in [3.63, 3.8) is 0 Å². The predicted octanol–water partition coefficient (Wildman–Crippen LogP) is 3.49. The van der Waals surface area contributed by atoms with E-state index in [1.165, 1.54) is 43.9 Å². The van der Waals surface area contributed by atoms with Gasteiger partial charge in [0.25, 0.3) is 0 Å². The third-order valence-electron chi connectivity index (χ3n) is 5.36. The summed E-state index contributed by atoms with van der Waals surface area (Å²) < 4.78 is 44.4. The van der Waals surface area contributed by atoms with E-state index in [1.807, 2.05) is 4.90 Å². The van der Waals surface area contributed by atoms with E-state index < -0.39 is 12.2 Å². The minimum absolute atomic E-state index is 0. The number of nitrogens with one attached hydrogen (secondary N) is 1. The van der Waals surface area contributed by atoms with Gasteiger partial charge in [-0.15, -0.1) is 24.0 Å². The molecule has 1 heterocycles. The van der Waals surface area contributed by atoms with Crippen LogP contribution in [0.25, 0.3) is 0 Å². The molecule has 0 aromatic carbocycles. The Morgan fingerprint density at radius 1 is 1.15 bits per heavy atom. The van der Waals surface area contributed by atoms with E-state index in [-0.39, 0.29) is 24.0 Å². The highest BCUT2D eigenvalue weighted by Crippen LogP contribution is 2.25. The maximum absolute atomic E-state index is 12.8. The van der Waals surface area contributed by atoms with Gasteiger partial charge >= 0.3 is 6.18 Å². The predicted molar refractivity (Wildman–Crippen MR) is 113 cm³/mol. The Labute approximate surface area is 178 Å². The molecule has 1 atom stereocenters. The fourth-order valence-corrected chi connectivity index (χ4v) is 3.61. The first kappa shape index (κ1) is 24.7. The van der Waals surface area contributed by atoms with Gasteiger partial charge in [0, 0.05) is 46.4 Å². The highest BCUT2D eigenvalue weighted by molar-refractivity contribution is 14.0. The number of rotatable bonds is 6. The summed E-state index contributed by atoms with van der Waals surface area (Å²) in [6.45, 7) is 4.63. The third-order valence-corrected chi connectivity index (χ3v) is 5.36. The molecule has 0 spiro atoms. The second-order valence-electron chi connectivity index (χ2n) is 7.20. The second kappa shape index (κ2) is 12.3. The molecule has 1 saturated carbocycles. The number of halogens is 4. The summed E-state index contributed by atoms with van der Waals surface area (Å²) >= 11 is 0. The number of nitrogens with zero attached hydrogens (tertiary/aromatic N) is 3. The Balaban J connectivity index is 0.00000364. The molecular weight excluding hydrogens is 472 g/mol. The molecule has 1 unspecified atom stereocenters. The fourth-order valence-electron chi connectivity index (χ4n) is 3.61. The summed E-state index contributed by atoms with van der Waals surface area (Å²) in [5, 5.41) is 3.31. The smallest absolute Gasteiger partial charge is 0.378 e. The molecule has 0 amide bonds. The van der Waals surface area contributed by atoms with Gasteiger partial charge < -0.3 is 15.0 Å². The number of alkyl halides is 3. The maximum atomic E-state index is 12.8. The van der Waals surface area contributed by atoms with Gasteiger partial charge in [0.15, 0.2) is 5.96 Å². The number of hydrogen-bond acceptors (Lipinski definition) is 3. The lowest BCUT2D eigenvalue weighted by Gasteiger charge is -2.39. The zero-order valence-electron chi connectivity index (χ0n) is 16.4. The van der Waals surface area contributed by atoms with E-state index in [4.69, 9.17) is 4.74 Å². The quantitative estimate of drug-likeness (QED) is 0.259. The highest BCUT2D eigenvalue weighted by Gasteiger charge is 2.41. The Kier molecular flexibility index (Phi) is 11.3. The molecule has 5 nitrogen and oxygen atoms in total. The fraction of sp³-hybridized carbons (Fsp3) is 0.944. The van der Waals surface area contributed by atoms with Gasteiger partial charge in [0.2, 0.25) is 0 Å². The van der Waals surface area contributed by atoms with Crippen LogP contribution in [-0.2, 0) is 4.74 Å². The van der Waals surface area contributed by atoms with Crippen LogP contribution in [0, 0.1) is 0 Å². The first-order chi connectivity index (χ1) is 12.4. The van der Waals surface area contributed by atoms with Crippen molar-refractivity contribution in [3.05, 3.63) is 0 Å². The lowest BCUT2D eigenvalue weighted by molar-refractivity contribution is -0.181. The van der Waals surface area contributed by atoms with Gasteiger partial charge in [-0.25, -0.2) is 0 Å². The lowest BCUT2D eigenvalue weighted by Crippen LogP contribution is -2.56. The average Bonchev–Trinajstić information content (AvgIpc) is 2.64. The van der Waals surface area contributed by atoms with Crippen molar-refractivity contribution < 1.29 is 17.9 Å². The second-order valence-corrected chi connectivity index (χ2v) is 7.20. The van der Waals surface area contributed by atoms with Crippen LogP contribution in [0.3, 0.4) is 0 Å². The molecule has 0 aromatic heterocycles. The molecule has 0 aromatic rings. The standard InChI is InChI=1S/C18H33F3N4O.HI/c1-15(18(19,20)21)24-10-12-25(13-11-24)17(22-2)23-9-6-14-26-16-7-4-3-5-8-16;/h15-16H,3-14H2,1-2H3,(H,22,23);1H. The van der Waals surface area contributed by atoms with Crippen molar-refractivity contribution >= 4 is 29.9 Å². The first-order valence-electron chi connectivity index (χ1n) is 9.79. The normalized spacial score (nSPS) is 21.7. The topological polar surface area (TPSA) is 40.1 Å². The lowest BCUT2D eigenvalue weighted by atomic mass is 9.98. The first-order valence-corrected chi connectivity index (χ1v) is 9.79. The molecule has 160 valence electrons. The van der Waals surface area contributed by atoms with E-state index in [1.54, 1.807) is 7.05 Å². The molecule has 9 heteroatoms. The van der Waals surface area contributed by atoms with Crippen LogP contribution < -0.4 is 5.32 Å². The molecular formula is C18H34F3IN4O. The van der Waals surface area contributed by atoms with Crippen molar-refractivity contribution in [1.29, 1.82) is 0 Å². The van der Waals surface area contributed by atoms with Gasteiger partial charge in [-0.3, -0.25) is 9.89 Å². The van der Waals surface area contributed by atoms with Crippen LogP contribution >= 0.6 is 24.0 Å². The van der Waals surface area contributed by atoms with E-state index in [2.05, 4.69) is 10.3 Å². The Morgan fingerprint density at radius 3 is 2.33 bits per heavy atom. The molecule has 0 radical (unpaired) electrons. The van der Waals surface area contributed by atoms with E-state index >= 15 is 0 Å². The van der Waals surface area contributed by atoms with Gasteiger partial charge in [0.05, 0.1) is 6.10 Å². The Morgan fingerprint density at radius 2 is 1.78 bits per heavy atom. The number of piperazine rings is 1. The van der Waals surface area contributed by atoms with Crippen LogP contribution in [0.15, 0.2) is 4.99 Å². The van der Waals surface area contributed by atoms with Crippen molar-refractivity contribution in [1.82, 2.24) is 15.1 Å². The SMILES string of the molecule is CN=C(NCCCOC1CCCCC1)N1CCN(C(C)C(F)(F)F)CC1.I. The highest BCUT2D eigenvalue weighted by atomic mass is 127. The van der Waals surface area contributed by atoms with Crippen molar-refractivity contribution in [3.8, 4) is 0 Å². The van der Waals surface area contributed by atoms with Crippen molar-refractivity contribution in [2.24, 2.45) is 4.99 Å². The van der Waals surface area contributed by atoms with E-state index in [9.17, 15) is 13.2 Å². The number of aliphatic imine (C=N–C) groups is 1. The van der Waals surface area contributed by atoms with Crippen LogP contribution in [0.5, 0.6) is 0 Å². The van der Waals surface area contributed by atoms with Crippen LogP contribution in [0.4, 0.5) is 13.2 Å². The molecule has 2 aliphatic rings. The van der Waals surface area contributed by atoms with Gasteiger partial charge in [-0.2, -0.15) is 13.2 Å². The minimum atomic E-state index is -4.17. The largest absolute Gasteiger partial charge is 0.403 e. The number of hydrogen-bond donors (Lipinski definition) is 1. The van der Waals surface area contributed by atoms with Crippen molar-refractivity contribution in [2.75, 3.05) is 46.4 Å².